The summed E-state index contributed by atoms with van der Waals surface area (Å²) in [5, 5.41) is 13.3. The zero-order chi connectivity index (χ0) is 20.5. The molecule has 1 aromatic heterocycles. The molecular weight excluding hydrogens is 395 g/mol. The number of amides is 2. The van der Waals surface area contributed by atoms with Gasteiger partial charge < -0.3 is 10.6 Å². The number of nitrogens with one attached hydrogen (secondary N) is 3. The lowest BCUT2D eigenvalue weighted by atomic mass is 9.83. The highest BCUT2D eigenvalue weighted by Crippen LogP contribution is 2.35. The molecule has 8 heteroatoms. The quantitative estimate of drug-likeness (QED) is 0.598. The molecule has 6 nitrogen and oxygen atoms in total. The molecular formula is C21H18ClFN4O2. The molecule has 1 unspecified atom stereocenters. The number of rotatable bonds is 4. The number of halogens is 2. The zero-order valence-electron chi connectivity index (χ0n) is 15.6. The second kappa shape index (κ2) is 7.67. The molecule has 0 radical (unpaired) electrons. The minimum atomic E-state index is -0.549. The van der Waals surface area contributed by atoms with E-state index in [-0.39, 0.29) is 36.3 Å². The summed E-state index contributed by atoms with van der Waals surface area (Å²) in [6.45, 7) is 1.76. The smallest absolute Gasteiger partial charge is 0.228 e. The van der Waals surface area contributed by atoms with E-state index in [0.717, 1.165) is 11.1 Å². The number of H-pyrrole nitrogens is 1. The van der Waals surface area contributed by atoms with Crippen molar-refractivity contribution >= 4 is 40.0 Å². The molecule has 1 aliphatic rings. The molecule has 0 aliphatic carbocycles. The number of aromatic amines is 1. The fourth-order valence-corrected chi connectivity index (χ4v) is 3.73. The van der Waals surface area contributed by atoms with E-state index in [4.69, 9.17) is 11.6 Å². The van der Waals surface area contributed by atoms with E-state index >= 15 is 0 Å². The Morgan fingerprint density at radius 1 is 1.31 bits per heavy atom. The van der Waals surface area contributed by atoms with E-state index in [1.807, 2.05) is 12.1 Å². The van der Waals surface area contributed by atoms with E-state index in [1.165, 1.54) is 12.1 Å². The van der Waals surface area contributed by atoms with E-state index < -0.39 is 5.82 Å². The number of hydrogen-bond donors (Lipinski definition) is 3. The first-order valence-electron chi connectivity index (χ1n) is 9.08. The maximum atomic E-state index is 14.3. The van der Waals surface area contributed by atoms with E-state index in [0.29, 0.717) is 21.6 Å². The monoisotopic (exact) mass is 412 g/mol. The van der Waals surface area contributed by atoms with Crippen molar-refractivity contribution in [1.29, 1.82) is 0 Å². The summed E-state index contributed by atoms with van der Waals surface area (Å²) in [4.78, 5) is 24.8. The van der Waals surface area contributed by atoms with Crippen LogP contribution in [-0.4, -0.2) is 22.0 Å². The van der Waals surface area contributed by atoms with Crippen molar-refractivity contribution in [2.75, 3.05) is 5.32 Å². The van der Waals surface area contributed by atoms with Gasteiger partial charge in [0.15, 0.2) is 0 Å². The maximum absolute atomic E-state index is 14.3. The van der Waals surface area contributed by atoms with Crippen LogP contribution >= 0.6 is 11.6 Å². The number of nitrogens with zero attached hydrogens (tertiary/aromatic N) is 1. The Bertz CT molecular complexity index is 1140. The first kappa shape index (κ1) is 19.1. The highest BCUT2D eigenvalue weighted by atomic mass is 35.5. The van der Waals surface area contributed by atoms with Gasteiger partial charge >= 0.3 is 0 Å². The van der Waals surface area contributed by atoms with Crippen LogP contribution in [0.25, 0.3) is 10.9 Å². The predicted octanol–water partition coefficient (Wildman–Crippen LogP) is 4.26. The topological polar surface area (TPSA) is 86.9 Å². The van der Waals surface area contributed by atoms with Gasteiger partial charge in [-0.2, -0.15) is 5.10 Å². The van der Waals surface area contributed by atoms with Crippen molar-refractivity contribution in [3.05, 3.63) is 70.3 Å². The highest BCUT2D eigenvalue weighted by Gasteiger charge is 2.28. The van der Waals surface area contributed by atoms with Gasteiger partial charge in [-0.1, -0.05) is 23.7 Å². The third-order valence-electron chi connectivity index (χ3n) is 5.04. The third kappa shape index (κ3) is 4.00. The van der Waals surface area contributed by atoms with E-state index in [2.05, 4.69) is 20.8 Å². The van der Waals surface area contributed by atoms with Crippen LogP contribution in [0.1, 0.15) is 31.2 Å². The van der Waals surface area contributed by atoms with Gasteiger partial charge in [0, 0.05) is 34.5 Å². The molecule has 1 atom stereocenters. The van der Waals surface area contributed by atoms with Gasteiger partial charge in [-0.3, -0.25) is 14.7 Å². The fraction of sp³-hybridized carbons (Fsp3) is 0.190. The van der Waals surface area contributed by atoms with Crippen LogP contribution in [0, 0.1) is 5.82 Å². The minimum absolute atomic E-state index is 0.0300. The number of aromatic nitrogens is 2. The lowest BCUT2D eigenvalue weighted by molar-refractivity contribution is -0.121. The van der Waals surface area contributed by atoms with Crippen LogP contribution in [0.4, 0.5) is 10.1 Å². The molecule has 29 heavy (non-hydrogen) atoms. The largest absolute Gasteiger partial charge is 0.330 e. The Hall–Kier alpha value is -3.19. The Morgan fingerprint density at radius 3 is 2.83 bits per heavy atom. The number of hydrogen-bond acceptors (Lipinski definition) is 3. The van der Waals surface area contributed by atoms with Crippen molar-refractivity contribution < 1.29 is 14.0 Å². The van der Waals surface area contributed by atoms with Crippen LogP contribution in [0.5, 0.6) is 0 Å². The zero-order valence-corrected chi connectivity index (χ0v) is 16.3. The van der Waals surface area contributed by atoms with Gasteiger partial charge in [0.2, 0.25) is 11.8 Å². The summed E-state index contributed by atoms with van der Waals surface area (Å²) in [6.07, 6.45) is 1.82. The number of anilines is 1. The Labute approximate surface area is 171 Å². The summed E-state index contributed by atoms with van der Waals surface area (Å²) in [5.41, 5.74) is 2.97. The van der Waals surface area contributed by atoms with Gasteiger partial charge in [-0.05, 0) is 36.3 Å². The Morgan fingerprint density at radius 2 is 2.07 bits per heavy atom. The third-order valence-corrected chi connectivity index (χ3v) is 5.30. The van der Waals surface area contributed by atoms with Crippen molar-refractivity contribution in [3.63, 3.8) is 0 Å². The van der Waals surface area contributed by atoms with Crippen LogP contribution < -0.4 is 10.6 Å². The average Bonchev–Trinajstić information content (AvgIpc) is 3.12. The minimum Gasteiger partial charge on any atom is -0.330 e. The first-order chi connectivity index (χ1) is 13.9. The summed E-state index contributed by atoms with van der Waals surface area (Å²) in [5.74, 6) is -1.26. The lowest BCUT2D eigenvalue weighted by Crippen LogP contribution is -2.32. The maximum Gasteiger partial charge on any atom is 0.228 e. The molecule has 0 bridgehead atoms. The van der Waals surface area contributed by atoms with Crippen LogP contribution in [-0.2, 0) is 9.59 Å². The lowest BCUT2D eigenvalue weighted by Gasteiger charge is -2.28. The number of allylic oxidation sites excluding steroid dienone is 1. The molecule has 0 saturated carbocycles. The predicted molar refractivity (Wildman–Crippen MR) is 109 cm³/mol. The van der Waals surface area contributed by atoms with Crippen LogP contribution in [0.3, 0.4) is 0 Å². The average molecular weight is 413 g/mol. The normalized spacial score (nSPS) is 16.8. The van der Waals surface area contributed by atoms with Gasteiger partial charge in [-0.15, -0.1) is 0 Å². The summed E-state index contributed by atoms with van der Waals surface area (Å²) in [7, 11) is 0. The first-order valence-corrected chi connectivity index (χ1v) is 9.46. The molecule has 3 aromatic rings. The van der Waals surface area contributed by atoms with E-state index in [1.54, 1.807) is 25.3 Å². The molecule has 0 saturated heterocycles. The molecule has 2 amide bonds. The van der Waals surface area contributed by atoms with Crippen molar-refractivity contribution in [1.82, 2.24) is 15.5 Å². The number of carbonyl (C=O) groups excluding carboxylic acids is 2. The Balaban J connectivity index is 1.58. The Kier molecular flexibility index (Phi) is 5.07. The molecule has 3 N–H and O–H groups in total. The molecule has 2 aromatic carbocycles. The van der Waals surface area contributed by atoms with Gasteiger partial charge in [-0.25, -0.2) is 4.39 Å². The standard InChI is InChI=1S/C21H18ClFN4O2/c1-11-15(16(8-20(28)25-11)12-2-4-14(22)5-3-12)7-21(29)26-19-6-13-10-24-27-18(13)9-17(19)23/h2-6,9-10,16H,7-8H2,1H3,(H,24,27)(H,25,28)(H,26,29). The second-order valence-electron chi connectivity index (χ2n) is 7.02. The van der Waals surface area contributed by atoms with Gasteiger partial charge in [0.25, 0.3) is 0 Å². The van der Waals surface area contributed by atoms with Crippen LogP contribution in [0.15, 0.2) is 53.9 Å². The van der Waals surface area contributed by atoms with Crippen molar-refractivity contribution in [3.8, 4) is 0 Å². The highest BCUT2D eigenvalue weighted by molar-refractivity contribution is 6.30. The molecule has 0 fully saturated rings. The van der Waals surface area contributed by atoms with Crippen LogP contribution in [0.2, 0.25) is 5.02 Å². The van der Waals surface area contributed by atoms with Gasteiger partial charge in [0.05, 0.1) is 23.8 Å². The summed E-state index contributed by atoms with van der Waals surface area (Å²) < 4.78 is 14.3. The molecule has 0 spiro atoms. The SMILES string of the molecule is CC1=C(CC(=O)Nc2cc3cn[nH]c3cc2F)C(c2ccc(Cl)cc2)CC(=O)N1. The van der Waals surface area contributed by atoms with Gasteiger partial charge in [0.1, 0.15) is 5.82 Å². The fourth-order valence-electron chi connectivity index (χ4n) is 3.61. The second-order valence-corrected chi connectivity index (χ2v) is 7.46. The number of benzene rings is 2. The summed E-state index contributed by atoms with van der Waals surface area (Å²) in [6, 6.07) is 10.0. The number of fused-ring (bicyclic) bond motifs is 1. The molecule has 148 valence electrons. The summed E-state index contributed by atoms with van der Waals surface area (Å²) >= 11 is 5.97. The van der Waals surface area contributed by atoms with Crippen molar-refractivity contribution in [2.45, 2.75) is 25.7 Å². The van der Waals surface area contributed by atoms with E-state index in [9.17, 15) is 14.0 Å². The number of carbonyl (C=O) groups is 2. The molecule has 4 rings (SSSR count). The van der Waals surface area contributed by atoms with Crippen molar-refractivity contribution in [2.24, 2.45) is 0 Å². The molecule has 2 heterocycles. The molecule has 1 aliphatic heterocycles.